The van der Waals surface area contributed by atoms with Gasteiger partial charge in [-0.05, 0) is 49.8 Å². The van der Waals surface area contributed by atoms with Crippen molar-refractivity contribution in [3.63, 3.8) is 0 Å². The quantitative estimate of drug-likeness (QED) is 0.780. The fourth-order valence-corrected chi connectivity index (χ4v) is 2.44. The Labute approximate surface area is 135 Å². The van der Waals surface area contributed by atoms with Crippen LogP contribution in [0.15, 0.2) is 42.6 Å². The SMILES string of the molecule is CNCCCN(Cc1ccc(Cl)c(Cl)c1)c1ccccn1. The highest BCUT2D eigenvalue weighted by Gasteiger charge is 2.09. The average molecular weight is 324 g/mol. The zero-order valence-electron chi connectivity index (χ0n) is 12.0. The molecule has 0 spiro atoms. The standard InChI is InChI=1S/C16H19Cl2N3/c1-19-8-4-10-21(16-5-2-3-9-20-16)12-13-6-7-14(17)15(18)11-13/h2-3,5-7,9,11,19H,4,8,10,12H2,1H3. The zero-order valence-corrected chi connectivity index (χ0v) is 13.5. The molecule has 0 aliphatic heterocycles. The molecule has 2 aromatic rings. The number of aromatic nitrogens is 1. The number of benzene rings is 1. The normalized spacial score (nSPS) is 10.6. The maximum absolute atomic E-state index is 6.09. The monoisotopic (exact) mass is 323 g/mol. The van der Waals surface area contributed by atoms with Crippen LogP contribution in [0.4, 0.5) is 5.82 Å². The number of rotatable bonds is 7. The number of nitrogens with zero attached hydrogens (tertiary/aromatic N) is 2. The molecule has 0 atom stereocenters. The zero-order chi connectivity index (χ0) is 15.1. The lowest BCUT2D eigenvalue weighted by molar-refractivity contribution is 0.678. The van der Waals surface area contributed by atoms with E-state index < -0.39 is 0 Å². The average Bonchev–Trinajstić information content (AvgIpc) is 2.51. The van der Waals surface area contributed by atoms with E-state index in [1.165, 1.54) is 0 Å². The van der Waals surface area contributed by atoms with Crippen LogP contribution in [-0.4, -0.2) is 25.1 Å². The predicted octanol–water partition coefficient (Wildman–Crippen LogP) is 4.00. The molecule has 0 bridgehead atoms. The molecule has 112 valence electrons. The summed E-state index contributed by atoms with van der Waals surface area (Å²) in [5.74, 6) is 0.972. The van der Waals surface area contributed by atoms with Crippen molar-refractivity contribution in [2.45, 2.75) is 13.0 Å². The largest absolute Gasteiger partial charge is 0.352 e. The van der Waals surface area contributed by atoms with Gasteiger partial charge in [0.2, 0.25) is 0 Å². The summed E-state index contributed by atoms with van der Waals surface area (Å²) in [6, 6.07) is 11.7. The Morgan fingerprint density at radius 1 is 1.14 bits per heavy atom. The summed E-state index contributed by atoms with van der Waals surface area (Å²) in [5.41, 5.74) is 1.12. The van der Waals surface area contributed by atoms with Crippen molar-refractivity contribution in [2.24, 2.45) is 0 Å². The highest BCUT2D eigenvalue weighted by atomic mass is 35.5. The molecule has 21 heavy (non-hydrogen) atoms. The Morgan fingerprint density at radius 3 is 2.67 bits per heavy atom. The third-order valence-corrected chi connectivity index (χ3v) is 3.92. The fourth-order valence-electron chi connectivity index (χ4n) is 2.12. The Bertz CT molecular complexity index is 561. The molecule has 0 fully saturated rings. The molecular formula is C16H19Cl2N3. The van der Waals surface area contributed by atoms with Crippen LogP contribution in [0.5, 0.6) is 0 Å². The molecule has 0 unspecified atom stereocenters. The topological polar surface area (TPSA) is 28.2 Å². The number of hydrogen-bond donors (Lipinski definition) is 1. The van der Waals surface area contributed by atoms with Crippen molar-refractivity contribution in [1.29, 1.82) is 0 Å². The van der Waals surface area contributed by atoms with Crippen LogP contribution in [0.3, 0.4) is 0 Å². The van der Waals surface area contributed by atoms with Gasteiger partial charge in [-0.1, -0.05) is 35.3 Å². The first-order chi connectivity index (χ1) is 10.2. The Balaban J connectivity index is 2.13. The van der Waals surface area contributed by atoms with Gasteiger partial charge >= 0.3 is 0 Å². The molecule has 1 N–H and O–H groups in total. The maximum atomic E-state index is 6.09. The van der Waals surface area contributed by atoms with Crippen LogP contribution in [0.2, 0.25) is 10.0 Å². The number of pyridine rings is 1. The minimum absolute atomic E-state index is 0.583. The molecule has 0 aliphatic rings. The molecule has 3 nitrogen and oxygen atoms in total. The van der Waals surface area contributed by atoms with Gasteiger partial charge in [-0.15, -0.1) is 0 Å². The maximum Gasteiger partial charge on any atom is 0.128 e. The van der Waals surface area contributed by atoms with Crippen LogP contribution in [0, 0.1) is 0 Å². The van der Waals surface area contributed by atoms with E-state index in [0.29, 0.717) is 10.0 Å². The van der Waals surface area contributed by atoms with E-state index in [4.69, 9.17) is 23.2 Å². The van der Waals surface area contributed by atoms with Crippen molar-refractivity contribution in [3.8, 4) is 0 Å². The minimum Gasteiger partial charge on any atom is -0.352 e. The molecule has 0 saturated heterocycles. The third kappa shape index (κ3) is 4.88. The molecule has 1 aromatic carbocycles. The second kappa shape index (κ2) is 8.23. The van der Waals surface area contributed by atoms with Gasteiger partial charge in [-0.25, -0.2) is 4.98 Å². The van der Waals surface area contributed by atoms with E-state index in [1.54, 1.807) is 0 Å². The van der Waals surface area contributed by atoms with Crippen LogP contribution >= 0.6 is 23.2 Å². The Hall–Kier alpha value is -1.29. The lowest BCUT2D eigenvalue weighted by Gasteiger charge is -2.24. The van der Waals surface area contributed by atoms with Gasteiger partial charge in [0.05, 0.1) is 10.0 Å². The highest BCUT2D eigenvalue weighted by Crippen LogP contribution is 2.24. The molecular weight excluding hydrogens is 305 g/mol. The number of hydrogen-bond acceptors (Lipinski definition) is 3. The first-order valence-corrected chi connectivity index (χ1v) is 7.71. The summed E-state index contributed by atoms with van der Waals surface area (Å²) >= 11 is 12.1. The van der Waals surface area contributed by atoms with Crippen LogP contribution in [0.25, 0.3) is 0 Å². The first kappa shape index (κ1) is 16.1. The predicted molar refractivity (Wildman–Crippen MR) is 90.3 cm³/mol. The molecule has 5 heteroatoms. The molecule has 0 saturated carbocycles. The van der Waals surface area contributed by atoms with E-state index in [9.17, 15) is 0 Å². The minimum atomic E-state index is 0.583. The van der Waals surface area contributed by atoms with E-state index in [-0.39, 0.29) is 0 Å². The summed E-state index contributed by atoms with van der Waals surface area (Å²) in [6.45, 7) is 2.67. The van der Waals surface area contributed by atoms with Gasteiger partial charge in [-0.3, -0.25) is 0 Å². The van der Waals surface area contributed by atoms with E-state index >= 15 is 0 Å². The molecule has 0 aliphatic carbocycles. The molecule has 0 amide bonds. The van der Waals surface area contributed by atoms with Gasteiger partial charge in [0.25, 0.3) is 0 Å². The van der Waals surface area contributed by atoms with Crippen LogP contribution < -0.4 is 10.2 Å². The van der Waals surface area contributed by atoms with Crippen molar-refractivity contribution in [1.82, 2.24) is 10.3 Å². The van der Waals surface area contributed by atoms with Crippen LogP contribution in [-0.2, 0) is 6.54 Å². The van der Waals surface area contributed by atoms with E-state index in [2.05, 4.69) is 15.2 Å². The molecule has 1 heterocycles. The summed E-state index contributed by atoms with van der Waals surface area (Å²) in [7, 11) is 1.96. The summed E-state index contributed by atoms with van der Waals surface area (Å²) < 4.78 is 0. The van der Waals surface area contributed by atoms with Gasteiger partial charge < -0.3 is 10.2 Å². The van der Waals surface area contributed by atoms with Crippen LogP contribution in [0.1, 0.15) is 12.0 Å². The van der Waals surface area contributed by atoms with E-state index in [0.717, 1.165) is 37.4 Å². The van der Waals surface area contributed by atoms with Gasteiger partial charge in [-0.2, -0.15) is 0 Å². The van der Waals surface area contributed by atoms with Gasteiger partial charge in [0.15, 0.2) is 0 Å². The summed E-state index contributed by atoms with van der Waals surface area (Å²) in [6.07, 6.45) is 2.86. The first-order valence-electron chi connectivity index (χ1n) is 6.95. The van der Waals surface area contributed by atoms with Crippen molar-refractivity contribution in [2.75, 3.05) is 25.0 Å². The summed E-state index contributed by atoms with van der Waals surface area (Å²) in [4.78, 5) is 6.69. The molecule has 1 aromatic heterocycles. The smallest absolute Gasteiger partial charge is 0.128 e. The van der Waals surface area contributed by atoms with Gasteiger partial charge in [0, 0.05) is 19.3 Å². The second-order valence-corrected chi connectivity index (χ2v) is 5.63. The van der Waals surface area contributed by atoms with Crippen molar-refractivity contribution >= 4 is 29.0 Å². The Morgan fingerprint density at radius 2 is 2.00 bits per heavy atom. The second-order valence-electron chi connectivity index (χ2n) is 4.82. The number of anilines is 1. The van der Waals surface area contributed by atoms with Gasteiger partial charge in [0.1, 0.15) is 5.82 Å². The Kier molecular flexibility index (Phi) is 6.30. The van der Waals surface area contributed by atoms with Crippen molar-refractivity contribution in [3.05, 3.63) is 58.2 Å². The highest BCUT2D eigenvalue weighted by molar-refractivity contribution is 6.42. The number of nitrogens with one attached hydrogen (secondary N) is 1. The molecule has 2 rings (SSSR count). The third-order valence-electron chi connectivity index (χ3n) is 3.19. The lowest BCUT2D eigenvalue weighted by Crippen LogP contribution is -2.27. The fraction of sp³-hybridized carbons (Fsp3) is 0.312. The van der Waals surface area contributed by atoms with E-state index in [1.807, 2.05) is 49.6 Å². The molecule has 0 radical (unpaired) electrons. The lowest BCUT2D eigenvalue weighted by atomic mass is 10.2. The van der Waals surface area contributed by atoms with Crippen molar-refractivity contribution < 1.29 is 0 Å². The number of halogens is 2. The summed E-state index contributed by atoms with van der Waals surface area (Å²) in [5, 5.41) is 4.34.